The van der Waals surface area contributed by atoms with E-state index in [0.29, 0.717) is 5.92 Å². The fourth-order valence-electron chi connectivity index (χ4n) is 2.70. The van der Waals surface area contributed by atoms with Crippen LogP contribution >= 0.6 is 0 Å². The topological polar surface area (TPSA) is 41.5 Å². The summed E-state index contributed by atoms with van der Waals surface area (Å²) >= 11 is 0. The SMILES string of the molecule is CC1CCCC(OCC(O)CNc2cc(F)ccc2F)C1. The van der Waals surface area contributed by atoms with Crippen LogP contribution in [0.2, 0.25) is 0 Å². The minimum atomic E-state index is -0.745. The average Bonchev–Trinajstić information content (AvgIpc) is 2.46. The van der Waals surface area contributed by atoms with Crippen LogP contribution in [0.15, 0.2) is 18.2 Å². The highest BCUT2D eigenvalue weighted by Gasteiger charge is 2.20. The molecule has 3 atom stereocenters. The van der Waals surface area contributed by atoms with E-state index in [0.717, 1.165) is 37.5 Å². The van der Waals surface area contributed by atoms with Crippen molar-refractivity contribution in [2.24, 2.45) is 5.92 Å². The maximum atomic E-state index is 13.4. The molecule has 118 valence electrons. The van der Waals surface area contributed by atoms with Crippen molar-refractivity contribution in [1.82, 2.24) is 0 Å². The summed E-state index contributed by atoms with van der Waals surface area (Å²) in [5.74, 6) is -0.383. The van der Waals surface area contributed by atoms with Gasteiger partial charge in [-0.15, -0.1) is 0 Å². The molecule has 1 aromatic carbocycles. The van der Waals surface area contributed by atoms with Crippen LogP contribution in [0.5, 0.6) is 0 Å². The summed E-state index contributed by atoms with van der Waals surface area (Å²) in [7, 11) is 0. The zero-order chi connectivity index (χ0) is 15.2. The fraction of sp³-hybridized carbons (Fsp3) is 0.625. The number of benzene rings is 1. The Morgan fingerprint density at radius 3 is 2.95 bits per heavy atom. The van der Waals surface area contributed by atoms with Crippen molar-refractivity contribution >= 4 is 5.69 Å². The van der Waals surface area contributed by atoms with Crippen molar-refractivity contribution in [3.8, 4) is 0 Å². The highest BCUT2D eigenvalue weighted by atomic mass is 19.1. The van der Waals surface area contributed by atoms with Crippen LogP contribution in [0.4, 0.5) is 14.5 Å². The minimum absolute atomic E-state index is 0.0559. The highest BCUT2D eigenvalue weighted by Crippen LogP contribution is 2.25. The zero-order valence-corrected chi connectivity index (χ0v) is 12.3. The van der Waals surface area contributed by atoms with Gasteiger partial charge in [0, 0.05) is 6.54 Å². The Balaban J connectivity index is 1.72. The third-order valence-corrected chi connectivity index (χ3v) is 3.87. The summed E-state index contributed by atoms with van der Waals surface area (Å²) in [5, 5.41) is 12.6. The Morgan fingerprint density at radius 2 is 2.19 bits per heavy atom. The predicted octanol–water partition coefficient (Wildman–Crippen LogP) is 3.33. The van der Waals surface area contributed by atoms with Gasteiger partial charge in [-0.3, -0.25) is 0 Å². The lowest BCUT2D eigenvalue weighted by molar-refractivity contribution is -0.0274. The minimum Gasteiger partial charge on any atom is -0.389 e. The number of nitrogens with one attached hydrogen (secondary N) is 1. The lowest BCUT2D eigenvalue weighted by atomic mass is 9.89. The van der Waals surface area contributed by atoms with E-state index in [-0.39, 0.29) is 24.9 Å². The van der Waals surface area contributed by atoms with Crippen molar-refractivity contribution in [2.45, 2.75) is 44.8 Å². The molecule has 3 nitrogen and oxygen atoms in total. The molecule has 21 heavy (non-hydrogen) atoms. The first-order chi connectivity index (χ1) is 10.0. The second kappa shape index (κ2) is 7.71. The number of hydrogen-bond acceptors (Lipinski definition) is 3. The van der Waals surface area contributed by atoms with Gasteiger partial charge in [-0.25, -0.2) is 8.78 Å². The maximum absolute atomic E-state index is 13.4. The van der Waals surface area contributed by atoms with Gasteiger partial charge in [-0.05, 0) is 37.0 Å². The molecule has 1 saturated carbocycles. The fourth-order valence-corrected chi connectivity index (χ4v) is 2.70. The molecule has 2 N–H and O–H groups in total. The van der Waals surface area contributed by atoms with E-state index in [1.165, 1.54) is 6.42 Å². The molecule has 0 spiro atoms. The number of halogens is 2. The summed E-state index contributed by atoms with van der Waals surface area (Å²) in [6, 6.07) is 3.19. The molecule has 5 heteroatoms. The van der Waals surface area contributed by atoms with Crippen molar-refractivity contribution < 1.29 is 18.6 Å². The van der Waals surface area contributed by atoms with Gasteiger partial charge in [0.15, 0.2) is 0 Å². The standard InChI is InChI=1S/C16H23F2NO2/c1-11-3-2-4-14(7-11)21-10-13(20)9-19-16-8-12(17)5-6-15(16)18/h5-6,8,11,13-14,19-20H,2-4,7,9-10H2,1H3. The van der Waals surface area contributed by atoms with Crippen molar-refractivity contribution in [2.75, 3.05) is 18.5 Å². The third-order valence-electron chi connectivity index (χ3n) is 3.87. The Morgan fingerprint density at radius 1 is 1.38 bits per heavy atom. The van der Waals surface area contributed by atoms with Crippen LogP contribution in [-0.4, -0.2) is 30.5 Å². The highest BCUT2D eigenvalue weighted by molar-refractivity contribution is 5.44. The molecule has 1 aromatic rings. The molecule has 1 aliphatic carbocycles. The summed E-state index contributed by atoms with van der Waals surface area (Å²) in [6.45, 7) is 2.55. The number of aliphatic hydroxyl groups is 1. The first-order valence-corrected chi connectivity index (χ1v) is 7.53. The maximum Gasteiger partial charge on any atom is 0.146 e. The van der Waals surface area contributed by atoms with Crippen LogP contribution in [0.25, 0.3) is 0 Å². The van der Waals surface area contributed by atoms with Gasteiger partial charge in [0.2, 0.25) is 0 Å². The number of anilines is 1. The first-order valence-electron chi connectivity index (χ1n) is 7.53. The molecular formula is C16H23F2NO2. The third kappa shape index (κ3) is 5.25. The summed E-state index contributed by atoms with van der Waals surface area (Å²) in [5.41, 5.74) is 0.0559. The van der Waals surface area contributed by atoms with E-state index in [4.69, 9.17) is 4.74 Å². The largest absolute Gasteiger partial charge is 0.389 e. The predicted molar refractivity (Wildman–Crippen MR) is 78.2 cm³/mol. The lowest BCUT2D eigenvalue weighted by Crippen LogP contribution is -2.30. The van der Waals surface area contributed by atoms with Gasteiger partial charge in [0.05, 0.1) is 24.5 Å². The lowest BCUT2D eigenvalue weighted by Gasteiger charge is -2.27. The van der Waals surface area contributed by atoms with Crippen LogP contribution in [0.1, 0.15) is 32.6 Å². The first kappa shape index (κ1) is 16.2. The van der Waals surface area contributed by atoms with E-state index in [9.17, 15) is 13.9 Å². The molecular weight excluding hydrogens is 276 g/mol. The van der Waals surface area contributed by atoms with E-state index in [1.807, 2.05) is 0 Å². The van der Waals surface area contributed by atoms with E-state index >= 15 is 0 Å². The van der Waals surface area contributed by atoms with Crippen LogP contribution in [0, 0.1) is 17.6 Å². The molecule has 0 radical (unpaired) electrons. The Labute approximate surface area is 124 Å². The molecule has 0 aromatic heterocycles. The zero-order valence-electron chi connectivity index (χ0n) is 12.3. The van der Waals surface area contributed by atoms with Gasteiger partial charge >= 0.3 is 0 Å². The Kier molecular flexibility index (Phi) is 5.94. The summed E-state index contributed by atoms with van der Waals surface area (Å²) in [4.78, 5) is 0. The molecule has 1 fully saturated rings. The number of rotatable bonds is 6. The van der Waals surface area contributed by atoms with Gasteiger partial charge < -0.3 is 15.2 Å². The van der Waals surface area contributed by atoms with Crippen molar-refractivity contribution in [3.63, 3.8) is 0 Å². The molecule has 2 rings (SSSR count). The number of ether oxygens (including phenoxy) is 1. The van der Waals surface area contributed by atoms with Crippen molar-refractivity contribution in [3.05, 3.63) is 29.8 Å². The smallest absolute Gasteiger partial charge is 0.146 e. The molecule has 0 bridgehead atoms. The van der Waals surface area contributed by atoms with Crippen molar-refractivity contribution in [1.29, 1.82) is 0 Å². The molecule has 0 saturated heterocycles. The average molecular weight is 299 g/mol. The van der Waals surface area contributed by atoms with Gasteiger partial charge in [-0.2, -0.15) is 0 Å². The Bertz CT molecular complexity index is 456. The van der Waals surface area contributed by atoms with Crippen LogP contribution in [0.3, 0.4) is 0 Å². The van der Waals surface area contributed by atoms with Gasteiger partial charge in [0.1, 0.15) is 11.6 Å². The molecule has 1 aliphatic rings. The van der Waals surface area contributed by atoms with Crippen LogP contribution < -0.4 is 5.32 Å². The van der Waals surface area contributed by atoms with Crippen LogP contribution in [-0.2, 0) is 4.74 Å². The second-order valence-electron chi connectivity index (χ2n) is 5.89. The normalized spacial score (nSPS) is 23.8. The number of hydrogen-bond donors (Lipinski definition) is 2. The molecule has 3 unspecified atom stereocenters. The van der Waals surface area contributed by atoms with E-state index < -0.39 is 17.7 Å². The molecule has 0 aliphatic heterocycles. The molecule has 0 heterocycles. The quantitative estimate of drug-likeness (QED) is 0.846. The Hall–Kier alpha value is -1.20. The van der Waals surface area contributed by atoms with Gasteiger partial charge in [-0.1, -0.05) is 19.8 Å². The summed E-state index contributed by atoms with van der Waals surface area (Å²) < 4.78 is 32.1. The van der Waals surface area contributed by atoms with Gasteiger partial charge in [0.25, 0.3) is 0 Å². The second-order valence-corrected chi connectivity index (χ2v) is 5.89. The molecule has 0 amide bonds. The summed E-state index contributed by atoms with van der Waals surface area (Å²) in [6.07, 6.45) is 3.92. The number of aliphatic hydroxyl groups excluding tert-OH is 1. The monoisotopic (exact) mass is 299 g/mol. The van der Waals surface area contributed by atoms with E-state index in [2.05, 4.69) is 12.2 Å². The van der Waals surface area contributed by atoms with E-state index in [1.54, 1.807) is 0 Å².